The van der Waals surface area contributed by atoms with Crippen molar-refractivity contribution in [2.45, 2.75) is 12.8 Å². The van der Waals surface area contributed by atoms with Crippen LogP contribution in [0.3, 0.4) is 0 Å². The molecule has 0 unspecified atom stereocenters. The first-order valence-electron chi connectivity index (χ1n) is 5.12. The molecule has 6 nitrogen and oxygen atoms in total. The highest BCUT2D eigenvalue weighted by atomic mass is 32.1. The molecule has 1 fully saturated rings. The third kappa shape index (κ3) is 1.28. The van der Waals surface area contributed by atoms with E-state index < -0.39 is 0 Å². The molecule has 1 saturated heterocycles. The van der Waals surface area contributed by atoms with Crippen LogP contribution < -0.4 is 4.90 Å². The number of nitrogens with zero attached hydrogens (tertiary/aromatic N) is 4. The molecule has 3 heterocycles. The second-order valence-corrected chi connectivity index (χ2v) is 4.64. The molecule has 3 rings (SSSR count). The summed E-state index contributed by atoms with van der Waals surface area (Å²) in [5.41, 5.74) is 0. The summed E-state index contributed by atoms with van der Waals surface area (Å²) in [6, 6.07) is 0. The zero-order chi connectivity index (χ0) is 11.1. The van der Waals surface area contributed by atoms with Crippen molar-refractivity contribution >= 4 is 27.9 Å². The van der Waals surface area contributed by atoms with E-state index in [1.807, 2.05) is 10.3 Å². The minimum Gasteiger partial charge on any atom is -0.358 e. The van der Waals surface area contributed by atoms with Gasteiger partial charge in [0.15, 0.2) is 0 Å². The van der Waals surface area contributed by atoms with Crippen LogP contribution in [0.4, 0.5) is 11.6 Å². The molecule has 1 aliphatic rings. The molecule has 0 aromatic carbocycles. The highest BCUT2D eigenvalue weighted by Gasteiger charge is 2.29. The van der Waals surface area contributed by atoms with Crippen LogP contribution in [0.15, 0.2) is 11.6 Å². The van der Waals surface area contributed by atoms with Crippen molar-refractivity contribution < 1.29 is 4.92 Å². The fourth-order valence-electron chi connectivity index (χ4n) is 2.07. The normalized spacial score (nSPS) is 16.1. The molecule has 0 N–H and O–H groups in total. The lowest BCUT2D eigenvalue weighted by molar-refractivity contribution is -0.389. The van der Waals surface area contributed by atoms with Gasteiger partial charge in [0, 0.05) is 18.5 Å². The quantitative estimate of drug-likeness (QED) is 0.592. The Morgan fingerprint density at radius 3 is 2.88 bits per heavy atom. The summed E-state index contributed by atoms with van der Waals surface area (Å²) < 4.78 is 1.55. The molecule has 7 heteroatoms. The Balaban J connectivity index is 2.18. The number of fused-ring (bicyclic) bond motifs is 1. The van der Waals surface area contributed by atoms with Gasteiger partial charge in [0.05, 0.1) is 0 Å². The third-order valence-corrected chi connectivity index (χ3v) is 3.55. The molecule has 16 heavy (non-hydrogen) atoms. The SMILES string of the molecule is O=[N+]([O-])c1c(N2CCCC2)nc2sccn12. The number of rotatable bonds is 2. The molecular weight excluding hydrogens is 228 g/mol. The predicted octanol–water partition coefficient (Wildman–Crippen LogP) is 1.90. The molecule has 2 aromatic rings. The van der Waals surface area contributed by atoms with Crippen LogP contribution in [0.2, 0.25) is 0 Å². The molecule has 2 aromatic heterocycles. The molecule has 1 aliphatic heterocycles. The van der Waals surface area contributed by atoms with Crippen LogP contribution in [0.25, 0.3) is 4.96 Å². The van der Waals surface area contributed by atoms with Gasteiger partial charge in [-0.1, -0.05) is 11.3 Å². The Hall–Kier alpha value is -1.63. The largest absolute Gasteiger partial charge is 0.373 e. The Morgan fingerprint density at radius 1 is 1.44 bits per heavy atom. The molecular formula is C9H10N4O2S. The summed E-state index contributed by atoms with van der Waals surface area (Å²) in [5, 5.41) is 12.9. The van der Waals surface area contributed by atoms with Gasteiger partial charge in [-0.15, -0.1) is 0 Å². The van der Waals surface area contributed by atoms with Crippen LogP contribution in [-0.4, -0.2) is 27.4 Å². The predicted molar refractivity (Wildman–Crippen MR) is 61.2 cm³/mol. The minimum absolute atomic E-state index is 0.0955. The molecule has 0 atom stereocenters. The van der Waals surface area contributed by atoms with Crippen molar-refractivity contribution in [3.05, 3.63) is 21.7 Å². The van der Waals surface area contributed by atoms with Crippen molar-refractivity contribution in [1.82, 2.24) is 9.38 Å². The van der Waals surface area contributed by atoms with Gasteiger partial charge in [-0.25, -0.2) is 0 Å². The second kappa shape index (κ2) is 3.44. The monoisotopic (exact) mass is 238 g/mol. The summed E-state index contributed by atoms with van der Waals surface area (Å²) in [5.74, 6) is 0.618. The molecule has 0 saturated carbocycles. The lowest BCUT2D eigenvalue weighted by Crippen LogP contribution is -2.19. The number of aromatic nitrogens is 2. The lowest BCUT2D eigenvalue weighted by atomic mass is 10.4. The van der Waals surface area contributed by atoms with Crippen LogP contribution in [0, 0.1) is 10.1 Å². The Kier molecular flexibility index (Phi) is 2.06. The van der Waals surface area contributed by atoms with Gasteiger partial charge in [0.1, 0.15) is 6.20 Å². The summed E-state index contributed by atoms with van der Waals surface area (Å²) in [4.78, 5) is 17.8. The smallest absolute Gasteiger partial charge is 0.358 e. The van der Waals surface area contributed by atoms with Gasteiger partial charge in [-0.2, -0.15) is 9.38 Å². The molecule has 0 radical (unpaired) electrons. The maximum absolute atomic E-state index is 11.1. The topological polar surface area (TPSA) is 63.7 Å². The Labute approximate surface area is 95.3 Å². The second-order valence-electron chi connectivity index (χ2n) is 3.77. The van der Waals surface area contributed by atoms with Crippen LogP contribution in [0.5, 0.6) is 0 Å². The van der Waals surface area contributed by atoms with Crippen molar-refractivity contribution in [2.24, 2.45) is 0 Å². The van der Waals surface area contributed by atoms with Gasteiger partial charge in [-0.3, -0.25) is 0 Å². The molecule has 0 bridgehead atoms. The Bertz CT molecular complexity index is 541. The van der Waals surface area contributed by atoms with E-state index in [9.17, 15) is 10.1 Å². The highest BCUT2D eigenvalue weighted by molar-refractivity contribution is 7.15. The van der Waals surface area contributed by atoms with E-state index in [0.717, 1.165) is 25.9 Å². The molecule has 0 aliphatic carbocycles. The fourth-order valence-corrected chi connectivity index (χ4v) is 2.78. The number of anilines is 1. The van der Waals surface area contributed by atoms with E-state index in [1.54, 1.807) is 10.6 Å². The number of hydrogen-bond donors (Lipinski definition) is 0. The van der Waals surface area contributed by atoms with Crippen molar-refractivity contribution in [1.29, 1.82) is 0 Å². The average molecular weight is 238 g/mol. The van der Waals surface area contributed by atoms with E-state index >= 15 is 0 Å². The van der Waals surface area contributed by atoms with Crippen molar-refractivity contribution in [2.75, 3.05) is 18.0 Å². The van der Waals surface area contributed by atoms with Crippen molar-refractivity contribution in [3.63, 3.8) is 0 Å². The number of nitro groups is 1. The molecule has 84 valence electrons. The van der Waals surface area contributed by atoms with E-state index in [1.165, 1.54) is 11.3 Å². The van der Waals surface area contributed by atoms with Crippen LogP contribution >= 0.6 is 11.3 Å². The average Bonchev–Trinajstić information content (AvgIpc) is 2.92. The zero-order valence-corrected chi connectivity index (χ0v) is 9.31. The van der Waals surface area contributed by atoms with Crippen LogP contribution in [0.1, 0.15) is 12.8 Å². The number of imidazole rings is 1. The first-order valence-corrected chi connectivity index (χ1v) is 6.00. The number of hydrogen-bond acceptors (Lipinski definition) is 5. The maximum atomic E-state index is 11.1. The van der Waals surface area contributed by atoms with E-state index in [4.69, 9.17) is 0 Å². The van der Waals surface area contributed by atoms with Gasteiger partial charge < -0.3 is 15.0 Å². The first-order chi connectivity index (χ1) is 7.77. The Morgan fingerprint density at radius 2 is 2.19 bits per heavy atom. The maximum Gasteiger partial charge on any atom is 0.373 e. The van der Waals surface area contributed by atoms with Gasteiger partial charge in [-0.05, 0) is 17.8 Å². The van der Waals surface area contributed by atoms with E-state index in [2.05, 4.69) is 4.98 Å². The minimum atomic E-state index is -0.347. The third-order valence-electron chi connectivity index (χ3n) is 2.80. The highest BCUT2D eigenvalue weighted by Crippen LogP contribution is 2.32. The van der Waals surface area contributed by atoms with E-state index in [-0.39, 0.29) is 10.7 Å². The summed E-state index contributed by atoms with van der Waals surface area (Å²) in [6.07, 6.45) is 3.87. The van der Waals surface area contributed by atoms with Gasteiger partial charge in [0.2, 0.25) is 5.82 Å². The number of thiazole rings is 1. The van der Waals surface area contributed by atoms with Crippen LogP contribution in [-0.2, 0) is 0 Å². The summed E-state index contributed by atoms with van der Waals surface area (Å²) in [6.45, 7) is 1.73. The standard InChI is InChI=1S/C9H10N4O2S/c14-13(15)8-7(11-3-1-2-4-11)10-9-12(8)5-6-16-9/h5-6H,1-4H2. The van der Waals surface area contributed by atoms with E-state index in [0.29, 0.717) is 10.8 Å². The lowest BCUT2D eigenvalue weighted by Gasteiger charge is -2.12. The van der Waals surface area contributed by atoms with Gasteiger partial charge >= 0.3 is 5.82 Å². The van der Waals surface area contributed by atoms with Crippen molar-refractivity contribution in [3.8, 4) is 0 Å². The summed E-state index contributed by atoms with van der Waals surface area (Å²) in [7, 11) is 0. The first kappa shape index (κ1) is 9.59. The molecule has 0 amide bonds. The molecule has 0 spiro atoms. The zero-order valence-electron chi connectivity index (χ0n) is 8.50. The van der Waals surface area contributed by atoms with Gasteiger partial charge in [0.25, 0.3) is 4.96 Å². The fraction of sp³-hybridized carbons (Fsp3) is 0.444. The summed E-state index contributed by atoms with van der Waals surface area (Å²) >= 11 is 1.42.